The van der Waals surface area contributed by atoms with Gasteiger partial charge >= 0.3 is 0 Å². The van der Waals surface area contributed by atoms with Gasteiger partial charge in [0.1, 0.15) is 18.1 Å². The van der Waals surface area contributed by atoms with E-state index in [-0.39, 0.29) is 11.9 Å². The number of benzene rings is 1. The fraction of sp³-hybridized carbons (Fsp3) is 0.200. The van der Waals surface area contributed by atoms with Crippen LogP contribution in [-0.2, 0) is 6.61 Å². The van der Waals surface area contributed by atoms with Crippen LogP contribution in [-0.4, -0.2) is 10.9 Å². The van der Waals surface area contributed by atoms with E-state index in [1.807, 2.05) is 49.4 Å². The molecule has 2 aromatic heterocycles. The lowest BCUT2D eigenvalue weighted by Gasteiger charge is -2.15. The van der Waals surface area contributed by atoms with Crippen molar-refractivity contribution in [1.82, 2.24) is 10.3 Å². The summed E-state index contributed by atoms with van der Waals surface area (Å²) in [5, 5.41) is 2.97. The number of nitrogens with one attached hydrogen (secondary N) is 1. The number of hydrogen-bond acceptors (Lipinski definition) is 4. The van der Waals surface area contributed by atoms with E-state index in [2.05, 4.69) is 10.3 Å². The first-order chi connectivity index (χ1) is 12.1. The molecule has 0 saturated heterocycles. The topological polar surface area (TPSA) is 64.4 Å². The van der Waals surface area contributed by atoms with Crippen LogP contribution in [0, 0.1) is 6.92 Å². The van der Waals surface area contributed by atoms with Gasteiger partial charge < -0.3 is 14.5 Å². The minimum absolute atomic E-state index is 0.153. The molecule has 0 saturated carbocycles. The van der Waals surface area contributed by atoms with Crippen LogP contribution in [0.2, 0.25) is 0 Å². The van der Waals surface area contributed by atoms with Crippen molar-refractivity contribution in [3.8, 4) is 5.75 Å². The van der Waals surface area contributed by atoms with E-state index in [0.717, 1.165) is 17.0 Å². The Morgan fingerprint density at radius 1 is 1.24 bits per heavy atom. The van der Waals surface area contributed by atoms with Crippen molar-refractivity contribution in [3.63, 3.8) is 0 Å². The number of rotatable bonds is 6. The molecule has 25 heavy (non-hydrogen) atoms. The van der Waals surface area contributed by atoms with E-state index in [1.165, 1.54) is 6.26 Å². The lowest BCUT2D eigenvalue weighted by atomic mass is 10.1. The van der Waals surface area contributed by atoms with Crippen LogP contribution in [0.15, 0.2) is 65.4 Å². The van der Waals surface area contributed by atoms with Gasteiger partial charge in [-0.25, -0.2) is 0 Å². The van der Waals surface area contributed by atoms with Crippen molar-refractivity contribution in [2.75, 3.05) is 0 Å². The molecule has 0 aliphatic rings. The number of pyridine rings is 1. The maximum absolute atomic E-state index is 12.3. The first kappa shape index (κ1) is 16.8. The minimum atomic E-state index is -0.154. The van der Waals surface area contributed by atoms with E-state index in [1.54, 1.807) is 19.2 Å². The van der Waals surface area contributed by atoms with Crippen LogP contribution < -0.4 is 10.1 Å². The van der Waals surface area contributed by atoms with Crippen LogP contribution in [0.25, 0.3) is 0 Å². The Labute approximate surface area is 146 Å². The van der Waals surface area contributed by atoms with Gasteiger partial charge in [-0.2, -0.15) is 0 Å². The Kier molecular flexibility index (Phi) is 5.14. The van der Waals surface area contributed by atoms with E-state index in [9.17, 15) is 4.79 Å². The molecule has 1 aromatic carbocycles. The van der Waals surface area contributed by atoms with Crippen molar-refractivity contribution < 1.29 is 13.9 Å². The molecule has 0 bridgehead atoms. The lowest BCUT2D eigenvalue weighted by Crippen LogP contribution is -2.26. The summed E-state index contributed by atoms with van der Waals surface area (Å²) in [6.45, 7) is 4.11. The average Bonchev–Trinajstić information content (AvgIpc) is 3.07. The first-order valence-corrected chi connectivity index (χ1v) is 8.11. The predicted molar refractivity (Wildman–Crippen MR) is 94.3 cm³/mol. The number of aromatic nitrogens is 1. The Balaban J connectivity index is 1.64. The number of furan rings is 1. The van der Waals surface area contributed by atoms with E-state index >= 15 is 0 Å². The largest absolute Gasteiger partial charge is 0.487 e. The van der Waals surface area contributed by atoms with Crippen LogP contribution in [0.5, 0.6) is 5.75 Å². The third-order valence-corrected chi connectivity index (χ3v) is 3.92. The van der Waals surface area contributed by atoms with Crippen LogP contribution in [0.3, 0.4) is 0 Å². The fourth-order valence-corrected chi connectivity index (χ4v) is 2.49. The van der Waals surface area contributed by atoms with Gasteiger partial charge in [0.25, 0.3) is 5.91 Å². The second kappa shape index (κ2) is 7.66. The molecule has 0 aliphatic carbocycles. The Morgan fingerprint density at radius 2 is 2.12 bits per heavy atom. The van der Waals surface area contributed by atoms with E-state index in [4.69, 9.17) is 9.15 Å². The van der Waals surface area contributed by atoms with Gasteiger partial charge in [0.2, 0.25) is 0 Å². The van der Waals surface area contributed by atoms with Gasteiger partial charge in [0.05, 0.1) is 23.6 Å². The van der Waals surface area contributed by atoms with Gasteiger partial charge in [0.15, 0.2) is 0 Å². The number of aryl methyl sites for hydroxylation is 1. The number of carbonyl (C=O) groups excluding carboxylic acids is 1. The van der Waals surface area contributed by atoms with Crippen molar-refractivity contribution in [2.45, 2.75) is 26.5 Å². The highest BCUT2D eigenvalue weighted by atomic mass is 16.5. The van der Waals surface area contributed by atoms with Crippen molar-refractivity contribution >= 4 is 5.91 Å². The van der Waals surface area contributed by atoms with Gasteiger partial charge in [0, 0.05) is 6.20 Å². The lowest BCUT2D eigenvalue weighted by molar-refractivity contribution is 0.0938. The van der Waals surface area contributed by atoms with Crippen LogP contribution in [0.4, 0.5) is 0 Å². The second-order valence-corrected chi connectivity index (χ2v) is 5.77. The van der Waals surface area contributed by atoms with Gasteiger partial charge in [-0.1, -0.05) is 18.2 Å². The zero-order valence-electron chi connectivity index (χ0n) is 14.2. The van der Waals surface area contributed by atoms with Crippen LogP contribution >= 0.6 is 0 Å². The highest BCUT2D eigenvalue weighted by Crippen LogP contribution is 2.21. The first-order valence-electron chi connectivity index (χ1n) is 8.11. The Hall–Kier alpha value is -3.08. The summed E-state index contributed by atoms with van der Waals surface area (Å²) in [7, 11) is 0. The summed E-state index contributed by atoms with van der Waals surface area (Å²) in [5.74, 6) is 1.19. The highest BCUT2D eigenvalue weighted by molar-refractivity contribution is 5.95. The number of hydrogen-bond donors (Lipinski definition) is 1. The van der Waals surface area contributed by atoms with Crippen LogP contribution in [0.1, 0.15) is 40.3 Å². The van der Waals surface area contributed by atoms with Crippen molar-refractivity contribution in [2.24, 2.45) is 0 Å². The molecule has 1 unspecified atom stereocenters. The van der Waals surface area contributed by atoms with Gasteiger partial charge in [-0.3, -0.25) is 9.78 Å². The van der Waals surface area contributed by atoms with Gasteiger partial charge in [-0.05, 0) is 49.7 Å². The molecular weight excluding hydrogens is 316 g/mol. The zero-order valence-corrected chi connectivity index (χ0v) is 14.2. The molecule has 3 rings (SSSR count). The highest BCUT2D eigenvalue weighted by Gasteiger charge is 2.15. The Morgan fingerprint density at radius 3 is 2.84 bits per heavy atom. The van der Waals surface area contributed by atoms with E-state index in [0.29, 0.717) is 17.9 Å². The molecule has 0 radical (unpaired) electrons. The number of amides is 1. The summed E-state index contributed by atoms with van der Waals surface area (Å²) in [5.41, 5.74) is 2.38. The standard InChI is InChI=1S/C20H20N2O3/c1-14(22-20(23)19-9-11-24-15(19)2)16-6-5-8-18(12-16)25-13-17-7-3-4-10-21-17/h3-12,14H,13H2,1-2H3,(H,22,23). The second-order valence-electron chi connectivity index (χ2n) is 5.77. The van der Waals surface area contributed by atoms with Crippen molar-refractivity contribution in [3.05, 3.63) is 83.6 Å². The third kappa shape index (κ3) is 4.26. The maximum atomic E-state index is 12.3. The summed E-state index contributed by atoms with van der Waals surface area (Å²) < 4.78 is 11.0. The molecular formula is C20H20N2O3. The molecule has 1 N–H and O–H groups in total. The number of ether oxygens (including phenoxy) is 1. The molecule has 3 aromatic rings. The molecule has 0 spiro atoms. The summed E-state index contributed by atoms with van der Waals surface area (Å²) in [6.07, 6.45) is 3.26. The van der Waals surface area contributed by atoms with Gasteiger partial charge in [-0.15, -0.1) is 0 Å². The molecule has 0 fully saturated rings. The molecule has 2 heterocycles. The summed E-state index contributed by atoms with van der Waals surface area (Å²) in [4.78, 5) is 16.5. The minimum Gasteiger partial charge on any atom is -0.487 e. The molecule has 1 amide bonds. The SMILES string of the molecule is Cc1occc1C(=O)NC(C)c1cccc(OCc2ccccn2)c1. The van der Waals surface area contributed by atoms with Crippen molar-refractivity contribution in [1.29, 1.82) is 0 Å². The third-order valence-electron chi connectivity index (χ3n) is 3.92. The monoisotopic (exact) mass is 336 g/mol. The van der Waals surface area contributed by atoms with E-state index < -0.39 is 0 Å². The molecule has 128 valence electrons. The normalized spacial score (nSPS) is 11.8. The maximum Gasteiger partial charge on any atom is 0.255 e. The number of carbonyl (C=O) groups is 1. The zero-order chi connectivity index (χ0) is 17.6. The quantitative estimate of drug-likeness (QED) is 0.737. The Bertz CT molecular complexity index is 843. The fourth-order valence-electron chi connectivity index (χ4n) is 2.49. The molecule has 0 aliphatic heterocycles. The summed E-state index contributed by atoms with van der Waals surface area (Å²) in [6, 6.07) is 14.9. The smallest absolute Gasteiger partial charge is 0.255 e. The average molecular weight is 336 g/mol. The summed E-state index contributed by atoms with van der Waals surface area (Å²) >= 11 is 0. The molecule has 1 atom stereocenters. The molecule has 5 nitrogen and oxygen atoms in total. The number of nitrogens with zero attached hydrogens (tertiary/aromatic N) is 1. The predicted octanol–water partition coefficient (Wildman–Crippen LogP) is 4.05. The molecule has 5 heteroatoms.